The average Bonchev–Trinajstić information content (AvgIpc) is 2.76. The molecule has 0 aromatic heterocycles. The Bertz CT molecular complexity index is 714. The van der Waals surface area contributed by atoms with Crippen molar-refractivity contribution in [3.05, 3.63) is 35.9 Å². The third-order valence-electron chi connectivity index (χ3n) is 4.29. The van der Waals surface area contributed by atoms with Crippen LogP contribution in [0.2, 0.25) is 0 Å². The predicted octanol–water partition coefficient (Wildman–Crippen LogP) is 1.63. The third kappa shape index (κ3) is 6.89. The van der Waals surface area contributed by atoms with E-state index in [9.17, 15) is 0 Å². The Labute approximate surface area is 172 Å². The minimum Gasteiger partial charge on any atom is -0.374 e. The fourth-order valence-electron chi connectivity index (χ4n) is 3.07. The summed E-state index contributed by atoms with van der Waals surface area (Å²) in [6.45, 7) is 0.846. The van der Waals surface area contributed by atoms with Crippen LogP contribution in [-0.2, 0) is 35.0 Å². The lowest BCUT2D eigenvalue weighted by atomic mass is 9.98. The highest BCUT2D eigenvalue weighted by molar-refractivity contribution is 5.13. The first kappa shape index (κ1) is 22.9. The smallest absolute Gasteiger partial charge is 0.186 e. The molecule has 0 spiro atoms. The van der Waals surface area contributed by atoms with E-state index in [1.54, 1.807) is 0 Å². The van der Waals surface area contributed by atoms with Crippen molar-refractivity contribution in [2.75, 3.05) is 33.5 Å². The van der Waals surface area contributed by atoms with Gasteiger partial charge in [0.15, 0.2) is 6.29 Å². The standard InChI is InChI=1S/C23H26O6/c1-5-13-26-20-19(17-25-16-18-11-9-8-10-12-18)29-23(24-4)22(28-15-7-3)21(20)27-14-6-2/h1-3,8-12,19-23H,13-17H2,4H3/t19-,20-,21+,22+,23+/m1/s1. The maximum atomic E-state index is 6.04. The maximum absolute atomic E-state index is 6.04. The topological polar surface area (TPSA) is 55.4 Å². The zero-order valence-corrected chi connectivity index (χ0v) is 16.5. The van der Waals surface area contributed by atoms with Crippen LogP contribution in [0.3, 0.4) is 0 Å². The molecule has 0 bridgehead atoms. The van der Waals surface area contributed by atoms with Crippen LogP contribution in [0, 0.1) is 37.0 Å². The van der Waals surface area contributed by atoms with E-state index in [-0.39, 0.29) is 26.4 Å². The van der Waals surface area contributed by atoms with Gasteiger partial charge in [-0.15, -0.1) is 19.3 Å². The first-order chi connectivity index (χ1) is 14.2. The van der Waals surface area contributed by atoms with Crippen molar-refractivity contribution in [2.24, 2.45) is 0 Å². The fraction of sp³-hybridized carbons (Fsp3) is 0.478. The fourth-order valence-corrected chi connectivity index (χ4v) is 3.07. The average molecular weight is 398 g/mol. The monoisotopic (exact) mass is 398 g/mol. The van der Waals surface area contributed by atoms with Crippen molar-refractivity contribution >= 4 is 0 Å². The van der Waals surface area contributed by atoms with Crippen LogP contribution in [0.4, 0.5) is 0 Å². The lowest BCUT2D eigenvalue weighted by molar-refractivity contribution is -0.314. The lowest BCUT2D eigenvalue weighted by Gasteiger charge is -2.44. The second-order valence-electron chi connectivity index (χ2n) is 6.22. The Morgan fingerprint density at radius 3 is 2.03 bits per heavy atom. The number of terminal acetylenes is 3. The molecule has 2 rings (SSSR count). The highest BCUT2D eigenvalue weighted by Gasteiger charge is 2.48. The molecule has 0 radical (unpaired) electrons. The molecule has 1 aliphatic rings. The van der Waals surface area contributed by atoms with Crippen molar-refractivity contribution < 1.29 is 28.4 Å². The largest absolute Gasteiger partial charge is 0.374 e. The number of methoxy groups -OCH3 is 1. The molecule has 0 aliphatic carbocycles. The molecule has 0 unspecified atom stereocenters. The molecule has 29 heavy (non-hydrogen) atoms. The maximum Gasteiger partial charge on any atom is 0.186 e. The van der Waals surface area contributed by atoms with Crippen LogP contribution < -0.4 is 0 Å². The zero-order chi connectivity index (χ0) is 20.9. The van der Waals surface area contributed by atoms with Gasteiger partial charge in [0.25, 0.3) is 0 Å². The molecule has 1 aromatic rings. The SMILES string of the molecule is C#CCO[C@@H]1[C@H](OCC#C)[C@@H](OC)O[C@H](COCc2ccccc2)[C@H]1OCC#C. The summed E-state index contributed by atoms with van der Waals surface area (Å²) in [5.74, 6) is 7.34. The van der Waals surface area contributed by atoms with E-state index in [0.717, 1.165) is 5.56 Å². The van der Waals surface area contributed by atoms with Gasteiger partial charge < -0.3 is 28.4 Å². The first-order valence-corrected chi connectivity index (χ1v) is 9.20. The molecule has 1 fully saturated rings. The highest BCUT2D eigenvalue weighted by Crippen LogP contribution is 2.29. The van der Waals surface area contributed by atoms with Gasteiger partial charge in [-0.25, -0.2) is 0 Å². The molecule has 1 aromatic carbocycles. The van der Waals surface area contributed by atoms with Crippen molar-refractivity contribution in [3.63, 3.8) is 0 Å². The molecule has 1 aliphatic heterocycles. The second kappa shape index (κ2) is 13.0. The molecule has 6 heteroatoms. The van der Waals surface area contributed by atoms with E-state index < -0.39 is 30.7 Å². The van der Waals surface area contributed by atoms with Gasteiger partial charge in [-0.1, -0.05) is 48.1 Å². The second-order valence-corrected chi connectivity index (χ2v) is 6.22. The van der Waals surface area contributed by atoms with Gasteiger partial charge in [-0.05, 0) is 5.56 Å². The Morgan fingerprint density at radius 2 is 1.45 bits per heavy atom. The van der Waals surface area contributed by atoms with Gasteiger partial charge >= 0.3 is 0 Å². The predicted molar refractivity (Wildman–Crippen MR) is 107 cm³/mol. The summed E-state index contributed by atoms with van der Waals surface area (Å²) in [6, 6.07) is 9.81. The first-order valence-electron chi connectivity index (χ1n) is 9.20. The van der Waals surface area contributed by atoms with Gasteiger partial charge in [-0.3, -0.25) is 0 Å². The van der Waals surface area contributed by atoms with Crippen LogP contribution in [0.25, 0.3) is 0 Å². The molecule has 1 saturated heterocycles. The van der Waals surface area contributed by atoms with Crippen molar-refractivity contribution in [1.29, 1.82) is 0 Å². The van der Waals surface area contributed by atoms with E-state index in [4.69, 9.17) is 47.7 Å². The number of hydrogen-bond acceptors (Lipinski definition) is 6. The molecule has 6 nitrogen and oxygen atoms in total. The zero-order valence-electron chi connectivity index (χ0n) is 16.5. The molecule has 0 saturated carbocycles. The summed E-state index contributed by atoms with van der Waals surface area (Å²) in [4.78, 5) is 0. The Hall–Kier alpha value is -2.34. The van der Waals surface area contributed by atoms with Crippen LogP contribution in [0.1, 0.15) is 5.56 Å². The summed E-state index contributed by atoms with van der Waals surface area (Å²) in [6.07, 6.45) is 13.0. The highest BCUT2D eigenvalue weighted by atomic mass is 16.7. The minimum absolute atomic E-state index is 0.0564. The summed E-state index contributed by atoms with van der Waals surface area (Å²) < 4.78 is 34.8. The molecule has 0 N–H and O–H groups in total. The Balaban J connectivity index is 2.14. The molecular formula is C23H26O6. The van der Waals surface area contributed by atoms with Gasteiger partial charge in [0.05, 0.1) is 13.2 Å². The minimum atomic E-state index is -0.734. The number of hydrogen-bond donors (Lipinski definition) is 0. The van der Waals surface area contributed by atoms with Gasteiger partial charge in [0.1, 0.15) is 44.2 Å². The van der Waals surface area contributed by atoms with E-state index in [0.29, 0.717) is 6.61 Å². The van der Waals surface area contributed by atoms with Gasteiger partial charge in [0, 0.05) is 7.11 Å². The van der Waals surface area contributed by atoms with Crippen LogP contribution >= 0.6 is 0 Å². The van der Waals surface area contributed by atoms with Crippen molar-refractivity contribution in [1.82, 2.24) is 0 Å². The van der Waals surface area contributed by atoms with Crippen LogP contribution in [-0.4, -0.2) is 64.2 Å². The summed E-state index contributed by atoms with van der Waals surface area (Å²) in [5.41, 5.74) is 1.04. The molecule has 0 amide bonds. The molecular weight excluding hydrogens is 372 g/mol. The normalized spacial score (nSPS) is 26.2. The third-order valence-corrected chi connectivity index (χ3v) is 4.29. The lowest BCUT2D eigenvalue weighted by Crippen LogP contribution is -2.61. The number of rotatable bonds is 11. The van der Waals surface area contributed by atoms with Crippen molar-refractivity contribution in [2.45, 2.75) is 37.3 Å². The Kier molecular flexibility index (Phi) is 10.3. The molecule has 1 heterocycles. The number of benzene rings is 1. The summed E-state index contributed by atoms with van der Waals surface area (Å²) >= 11 is 0. The van der Waals surface area contributed by atoms with E-state index >= 15 is 0 Å². The Morgan fingerprint density at radius 1 is 0.862 bits per heavy atom. The molecule has 5 atom stereocenters. The van der Waals surface area contributed by atoms with E-state index in [2.05, 4.69) is 17.8 Å². The van der Waals surface area contributed by atoms with Gasteiger partial charge in [-0.2, -0.15) is 0 Å². The summed E-state index contributed by atoms with van der Waals surface area (Å²) in [7, 11) is 1.51. The van der Waals surface area contributed by atoms with Gasteiger partial charge in [0.2, 0.25) is 0 Å². The number of ether oxygens (including phenoxy) is 6. The van der Waals surface area contributed by atoms with E-state index in [1.165, 1.54) is 7.11 Å². The quantitative estimate of drug-likeness (QED) is 0.528. The van der Waals surface area contributed by atoms with Crippen molar-refractivity contribution in [3.8, 4) is 37.0 Å². The van der Waals surface area contributed by atoms with Crippen LogP contribution in [0.15, 0.2) is 30.3 Å². The van der Waals surface area contributed by atoms with Crippen LogP contribution in [0.5, 0.6) is 0 Å². The van der Waals surface area contributed by atoms with E-state index in [1.807, 2.05) is 30.3 Å². The molecule has 154 valence electrons. The summed E-state index contributed by atoms with van der Waals surface area (Å²) in [5, 5.41) is 0.